The molecule has 0 bridgehead atoms. The van der Waals surface area contributed by atoms with Crippen molar-refractivity contribution in [1.82, 2.24) is 0 Å². The molecule has 0 aromatic carbocycles. The molecule has 1 unspecified atom stereocenters. The van der Waals surface area contributed by atoms with Crippen LogP contribution >= 0.6 is 0 Å². The Hall–Kier alpha value is -0.393. The molecule has 0 radical (unpaired) electrons. The van der Waals surface area contributed by atoms with E-state index in [9.17, 15) is 4.79 Å². The molecule has 1 saturated heterocycles. The predicted molar refractivity (Wildman–Crippen MR) is 82.2 cm³/mol. The SMILES string of the molecule is CCOC(=O)[C@]1(C)CCOC1CO[Si](C)(C)C(C)(C)C. The van der Waals surface area contributed by atoms with E-state index in [0.717, 1.165) is 0 Å². The van der Waals surface area contributed by atoms with Crippen molar-refractivity contribution >= 4 is 14.3 Å². The van der Waals surface area contributed by atoms with Crippen molar-refractivity contribution in [3.8, 4) is 0 Å². The molecule has 1 fully saturated rings. The molecule has 0 aromatic rings. The average Bonchev–Trinajstić information content (AvgIpc) is 2.68. The normalized spacial score (nSPS) is 27.6. The van der Waals surface area contributed by atoms with E-state index in [-0.39, 0.29) is 17.1 Å². The van der Waals surface area contributed by atoms with E-state index in [1.165, 1.54) is 0 Å². The van der Waals surface area contributed by atoms with Crippen LogP contribution in [0.2, 0.25) is 18.1 Å². The molecule has 4 nitrogen and oxygen atoms in total. The zero-order valence-electron chi connectivity index (χ0n) is 14.0. The van der Waals surface area contributed by atoms with Crippen molar-refractivity contribution in [2.75, 3.05) is 19.8 Å². The van der Waals surface area contributed by atoms with Crippen LogP contribution in [0.3, 0.4) is 0 Å². The Bertz CT molecular complexity index is 348. The number of hydrogen-bond donors (Lipinski definition) is 0. The van der Waals surface area contributed by atoms with E-state index >= 15 is 0 Å². The summed E-state index contributed by atoms with van der Waals surface area (Å²) in [5.74, 6) is -0.165. The van der Waals surface area contributed by atoms with Gasteiger partial charge in [-0.2, -0.15) is 0 Å². The van der Waals surface area contributed by atoms with Crippen LogP contribution in [0.5, 0.6) is 0 Å². The summed E-state index contributed by atoms with van der Waals surface area (Å²) in [4.78, 5) is 12.2. The van der Waals surface area contributed by atoms with Crippen LogP contribution in [-0.4, -0.2) is 40.2 Å². The van der Waals surface area contributed by atoms with Crippen molar-refractivity contribution < 1.29 is 18.7 Å². The first-order valence-corrected chi connectivity index (χ1v) is 10.4. The third kappa shape index (κ3) is 3.62. The van der Waals surface area contributed by atoms with E-state index in [0.29, 0.717) is 26.2 Å². The fourth-order valence-corrected chi connectivity index (χ4v) is 3.02. The van der Waals surface area contributed by atoms with Crippen LogP contribution < -0.4 is 0 Å². The number of esters is 1. The summed E-state index contributed by atoms with van der Waals surface area (Å²) in [6.45, 7) is 16.3. The Balaban J connectivity index is 2.70. The Kier molecular flexibility index (Phi) is 5.44. The molecular weight excluding hydrogens is 272 g/mol. The third-order valence-electron chi connectivity index (χ3n) is 4.79. The summed E-state index contributed by atoms with van der Waals surface area (Å²) < 4.78 is 17.1. The van der Waals surface area contributed by atoms with Crippen molar-refractivity contribution in [3.63, 3.8) is 0 Å². The first-order chi connectivity index (χ1) is 9.04. The third-order valence-corrected chi connectivity index (χ3v) is 9.30. The number of carbonyl (C=O) groups is 1. The lowest BCUT2D eigenvalue weighted by Gasteiger charge is -2.38. The van der Waals surface area contributed by atoms with E-state index in [1.54, 1.807) is 0 Å². The molecular formula is C15H30O4Si. The van der Waals surface area contributed by atoms with Gasteiger partial charge in [-0.1, -0.05) is 20.8 Å². The summed E-state index contributed by atoms with van der Waals surface area (Å²) in [6.07, 6.45) is 0.507. The Morgan fingerprint density at radius 2 is 2.00 bits per heavy atom. The van der Waals surface area contributed by atoms with Crippen LogP contribution in [0.15, 0.2) is 0 Å². The van der Waals surface area contributed by atoms with Gasteiger partial charge in [-0.3, -0.25) is 4.79 Å². The molecule has 0 N–H and O–H groups in total. The van der Waals surface area contributed by atoms with E-state index in [2.05, 4.69) is 33.9 Å². The van der Waals surface area contributed by atoms with Crippen LogP contribution in [0, 0.1) is 5.41 Å². The number of rotatable bonds is 5. The van der Waals surface area contributed by atoms with E-state index in [4.69, 9.17) is 13.9 Å². The van der Waals surface area contributed by atoms with Gasteiger partial charge in [0, 0.05) is 6.61 Å². The van der Waals surface area contributed by atoms with E-state index in [1.807, 2.05) is 13.8 Å². The molecule has 2 atom stereocenters. The molecule has 1 heterocycles. The summed E-state index contributed by atoms with van der Waals surface area (Å²) in [5.41, 5.74) is -0.571. The molecule has 1 rings (SSSR count). The van der Waals surface area contributed by atoms with E-state index < -0.39 is 13.7 Å². The van der Waals surface area contributed by atoms with Crippen molar-refractivity contribution in [2.24, 2.45) is 5.41 Å². The smallest absolute Gasteiger partial charge is 0.314 e. The topological polar surface area (TPSA) is 44.8 Å². The minimum Gasteiger partial charge on any atom is -0.465 e. The van der Waals surface area contributed by atoms with Gasteiger partial charge in [-0.05, 0) is 38.4 Å². The zero-order valence-corrected chi connectivity index (χ0v) is 15.0. The van der Waals surface area contributed by atoms with Crippen molar-refractivity contribution in [3.05, 3.63) is 0 Å². The van der Waals surface area contributed by atoms with Gasteiger partial charge in [0.2, 0.25) is 0 Å². The number of carbonyl (C=O) groups excluding carboxylic acids is 1. The maximum atomic E-state index is 12.2. The molecule has 0 aromatic heterocycles. The molecule has 5 heteroatoms. The second-order valence-corrected chi connectivity index (χ2v) is 12.1. The second kappa shape index (κ2) is 6.16. The Labute approximate surface area is 124 Å². The first-order valence-electron chi connectivity index (χ1n) is 7.47. The lowest BCUT2D eigenvalue weighted by molar-refractivity contribution is -0.158. The van der Waals surface area contributed by atoms with Gasteiger partial charge in [0.15, 0.2) is 8.32 Å². The van der Waals surface area contributed by atoms with Gasteiger partial charge in [0.25, 0.3) is 0 Å². The maximum Gasteiger partial charge on any atom is 0.314 e. The summed E-state index contributed by atoms with van der Waals surface area (Å²) in [6, 6.07) is 0. The highest BCUT2D eigenvalue weighted by Crippen LogP contribution is 2.40. The lowest BCUT2D eigenvalue weighted by Crippen LogP contribution is -2.46. The Morgan fingerprint density at radius 3 is 2.50 bits per heavy atom. The van der Waals surface area contributed by atoms with Gasteiger partial charge in [0.1, 0.15) is 0 Å². The highest BCUT2D eigenvalue weighted by molar-refractivity contribution is 6.74. The van der Waals surface area contributed by atoms with Gasteiger partial charge in [-0.15, -0.1) is 0 Å². The molecule has 0 saturated carbocycles. The highest BCUT2D eigenvalue weighted by atomic mass is 28.4. The minimum atomic E-state index is -1.82. The molecule has 0 aliphatic carbocycles. The standard InChI is InChI=1S/C15H30O4Si/c1-8-17-13(16)15(5)9-10-18-12(15)11-19-20(6,7)14(2,3)4/h12H,8-11H2,1-7H3/t12?,15-/m1/s1. The maximum absolute atomic E-state index is 12.2. The molecule has 1 aliphatic heterocycles. The second-order valence-electron chi connectivity index (χ2n) is 7.32. The van der Waals surface area contributed by atoms with Crippen LogP contribution in [0.25, 0.3) is 0 Å². The van der Waals surface area contributed by atoms with Crippen LogP contribution in [0.4, 0.5) is 0 Å². The van der Waals surface area contributed by atoms with Crippen LogP contribution in [-0.2, 0) is 18.7 Å². The molecule has 0 amide bonds. The molecule has 118 valence electrons. The molecule has 1 aliphatic rings. The quantitative estimate of drug-likeness (QED) is 0.577. The minimum absolute atomic E-state index is 0.159. The lowest BCUT2D eigenvalue weighted by atomic mass is 9.83. The average molecular weight is 302 g/mol. The monoisotopic (exact) mass is 302 g/mol. The largest absolute Gasteiger partial charge is 0.465 e. The molecule has 20 heavy (non-hydrogen) atoms. The van der Waals surface area contributed by atoms with Gasteiger partial charge < -0.3 is 13.9 Å². The van der Waals surface area contributed by atoms with Crippen molar-refractivity contribution in [2.45, 2.75) is 65.3 Å². The summed E-state index contributed by atoms with van der Waals surface area (Å²) in [5, 5.41) is 0.159. The summed E-state index contributed by atoms with van der Waals surface area (Å²) >= 11 is 0. The highest BCUT2D eigenvalue weighted by Gasteiger charge is 2.49. The Morgan fingerprint density at radius 1 is 1.40 bits per heavy atom. The van der Waals surface area contributed by atoms with Gasteiger partial charge in [-0.25, -0.2) is 0 Å². The predicted octanol–water partition coefficient (Wildman–Crippen LogP) is 3.37. The number of ether oxygens (including phenoxy) is 2. The van der Waals surface area contributed by atoms with Gasteiger partial charge >= 0.3 is 5.97 Å². The first kappa shape index (κ1) is 17.7. The fourth-order valence-electron chi connectivity index (χ4n) is 2.02. The number of hydrogen-bond acceptors (Lipinski definition) is 4. The summed E-state index contributed by atoms with van der Waals surface area (Å²) in [7, 11) is -1.82. The van der Waals surface area contributed by atoms with Crippen LogP contribution in [0.1, 0.15) is 41.0 Å². The van der Waals surface area contributed by atoms with Gasteiger partial charge in [0.05, 0.1) is 24.7 Å². The zero-order chi connectivity index (χ0) is 15.6. The van der Waals surface area contributed by atoms with Crippen molar-refractivity contribution in [1.29, 1.82) is 0 Å². The molecule has 0 spiro atoms. The fraction of sp³-hybridized carbons (Fsp3) is 0.933.